The van der Waals surface area contributed by atoms with E-state index in [1.807, 2.05) is 30.3 Å². The number of hydrogen-bond donors (Lipinski definition) is 1. The van der Waals surface area contributed by atoms with Gasteiger partial charge in [-0.2, -0.15) is 8.75 Å². The molecule has 0 bridgehead atoms. The number of carbonyl (C=O) groups excluding carboxylic acids is 1. The van der Waals surface area contributed by atoms with Gasteiger partial charge in [-0.15, -0.1) is 0 Å². The van der Waals surface area contributed by atoms with E-state index in [4.69, 9.17) is 14.2 Å². The number of nitrogens with zero attached hydrogens (tertiary/aromatic N) is 2. The fraction of sp³-hybridized carbons (Fsp3) is 0.154. The number of allylic oxidation sites excluding steroid dienone is 1. The Hall–Kier alpha value is -4.24. The van der Waals surface area contributed by atoms with Gasteiger partial charge in [-0.3, -0.25) is 4.79 Å². The van der Waals surface area contributed by atoms with Crippen LogP contribution >= 0.6 is 11.7 Å². The zero-order valence-corrected chi connectivity index (χ0v) is 20.1. The molecule has 0 spiro atoms. The lowest BCUT2D eigenvalue weighted by atomic mass is 9.89. The Bertz CT molecular complexity index is 1400. The van der Waals surface area contributed by atoms with Crippen molar-refractivity contribution in [2.45, 2.75) is 6.42 Å². The highest BCUT2D eigenvalue weighted by Gasteiger charge is 2.26. The van der Waals surface area contributed by atoms with E-state index >= 15 is 0 Å². The number of fused-ring (bicyclic) bond motifs is 1. The summed E-state index contributed by atoms with van der Waals surface area (Å²) in [6.45, 7) is 0. The first-order valence-electron chi connectivity index (χ1n) is 10.5. The van der Waals surface area contributed by atoms with Crippen LogP contribution in [0.25, 0.3) is 16.6 Å². The average Bonchev–Trinajstić information content (AvgIpc) is 3.35. The highest BCUT2D eigenvalue weighted by atomic mass is 32.1. The molecule has 0 amide bonds. The number of carbonyl (C=O) groups is 2. The lowest BCUT2D eigenvalue weighted by Gasteiger charge is -2.16. The van der Waals surface area contributed by atoms with E-state index < -0.39 is 11.8 Å². The third-order valence-electron chi connectivity index (χ3n) is 5.48. The fourth-order valence-electron chi connectivity index (χ4n) is 3.83. The van der Waals surface area contributed by atoms with Crippen LogP contribution in [-0.2, 0) is 11.2 Å². The molecule has 3 aromatic carbocycles. The van der Waals surface area contributed by atoms with Gasteiger partial charge < -0.3 is 19.3 Å². The van der Waals surface area contributed by atoms with Crippen LogP contribution in [-0.4, -0.2) is 46.9 Å². The average molecular weight is 491 g/mol. The normalized spacial score (nSPS) is 11.6. The first-order valence-corrected chi connectivity index (χ1v) is 11.3. The standard InChI is InChI=1S/C26H22N2O6S/c1-32-21-13-17(14-22(33-2)25(21)34-3)24(29)18(11-15-7-5-4-6-8-15)23(26(30)31)16-9-10-19-20(12-16)28-35-27-19/h4-10,12-14H,11H2,1-3H3,(H,30,31). The molecular weight excluding hydrogens is 468 g/mol. The number of ether oxygens (including phenoxy) is 3. The van der Waals surface area contributed by atoms with Crippen LogP contribution in [0.15, 0.2) is 66.2 Å². The molecule has 35 heavy (non-hydrogen) atoms. The molecule has 0 unspecified atom stereocenters. The molecule has 8 nitrogen and oxygen atoms in total. The summed E-state index contributed by atoms with van der Waals surface area (Å²) in [6.07, 6.45) is 0.102. The topological polar surface area (TPSA) is 108 Å². The van der Waals surface area contributed by atoms with E-state index in [2.05, 4.69) is 8.75 Å². The van der Waals surface area contributed by atoms with Crippen LogP contribution in [0.5, 0.6) is 17.2 Å². The van der Waals surface area contributed by atoms with E-state index in [1.54, 1.807) is 18.2 Å². The summed E-state index contributed by atoms with van der Waals surface area (Å²) < 4.78 is 24.5. The number of benzene rings is 3. The molecule has 0 aliphatic rings. The number of hydrogen-bond acceptors (Lipinski definition) is 8. The van der Waals surface area contributed by atoms with Gasteiger partial charge in [-0.25, -0.2) is 4.79 Å². The Morgan fingerprint density at radius 2 is 1.49 bits per heavy atom. The van der Waals surface area contributed by atoms with Gasteiger partial charge in [-0.1, -0.05) is 36.4 Å². The van der Waals surface area contributed by atoms with E-state index in [0.29, 0.717) is 33.8 Å². The zero-order valence-electron chi connectivity index (χ0n) is 19.3. The van der Waals surface area contributed by atoms with Crippen molar-refractivity contribution in [1.82, 2.24) is 8.75 Å². The van der Waals surface area contributed by atoms with Crippen molar-refractivity contribution in [3.8, 4) is 17.2 Å². The second kappa shape index (κ2) is 10.4. The summed E-state index contributed by atoms with van der Waals surface area (Å²) in [6, 6.07) is 17.2. The van der Waals surface area contributed by atoms with Gasteiger partial charge in [0.2, 0.25) is 5.75 Å². The molecular formula is C26H22N2O6S. The third kappa shape index (κ3) is 4.85. The molecule has 9 heteroatoms. The molecule has 178 valence electrons. The SMILES string of the molecule is COc1cc(C(=O)C(Cc2ccccc2)=C(C(=O)O)c2ccc3nsnc3c2)cc(OC)c1OC. The number of rotatable bonds is 9. The zero-order chi connectivity index (χ0) is 24.9. The van der Waals surface area contributed by atoms with Gasteiger partial charge in [0.05, 0.1) is 38.6 Å². The number of aliphatic carboxylic acids is 1. The van der Waals surface area contributed by atoms with Crippen LogP contribution in [0, 0.1) is 0 Å². The van der Waals surface area contributed by atoms with Crippen LogP contribution < -0.4 is 14.2 Å². The first-order chi connectivity index (χ1) is 17.0. The number of ketones is 1. The second-order valence-electron chi connectivity index (χ2n) is 7.53. The summed E-state index contributed by atoms with van der Waals surface area (Å²) in [4.78, 5) is 26.5. The summed E-state index contributed by atoms with van der Waals surface area (Å²) in [7, 11) is 4.37. The van der Waals surface area contributed by atoms with Crippen LogP contribution in [0.2, 0.25) is 0 Å². The summed E-state index contributed by atoms with van der Waals surface area (Å²) in [5.74, 6) is -0.774. The number of Topliss-reactive ketones (excluding diaryl/α,β-unsaturated/α-hetero) is 1. The second-order valence-corrected chi connectivity index (χ2v) is 8.06. The monoisotopic (exact) mass is 490 g/mol. The van der Waals surface area contributed by atoms with Gasteiger partial charge >= 0.3 is 5.97 Å². The Labute approximate surface area is 205 Å². The smallest absolute Gasteiger partial charge is 0.336 e. The molecule has 0 radical (unpaired) electrons. The Morgan fingerprint density at radius 3 is 2.09 bits per heavy atom. The summed E-state index contributed by atoms with van der Waals surface area (Å²) >= 11 is 1.04. The predicted octanol–water partition coefficient (Wildman–Crippen LogP) is 4.68. The van der Waals surface area contributed by atoms with Gasteiger partial charge in [0.25, 0.3) is 0 Å². The minimum absolute atomic E-state index is 0.102. The number of methoxy groups -OCH3 is 3. The third-order valence-corrected chi connectivity index (χ3v) is 6.04. The van der Waals surface area contributed by atoms with Gasteiger partial charge in [-0.05, 0) is 35.4 Å². The van der Waals surface area contributed by atoms with E-state index in [1.165, 1.54) is 33.5 Å². The molecule has 0 aliphatic heterocycles. The first kappa shape index (κ1) is 23.9. The van der Waals surface area contributed by atoms with E-state index in [-0.39, 0.29) is 23.1 Å². The minimum atomic E-state index is -1.22. The van der Waals surface area contributed by atoms with Crippen LogP contribution in [0.3, 0.4) is 0 Å². The maximum absolute atomic E-state index is 13.9. The number of carboxylic acids is 1. The maximum atomic E-state index is 13.9. The van der Waals surface area contributed by atoms with E-state index in [0.717, 1.165) is 17.3 Å². The lowest BCUT2D eigenvalue weighted by molar-refractivity contribution is -0.130. The molecule has 0 atom stereocenters. The van der Waals surface area contributed by atoms with Crippen molar-refractivity contribution in [2.24, 2.45) is 0 Å². The molecule has 4 aromatic rings. The highest BCUT2D eigenvalue weighted by Crippen LogP contribution is 2.39. The van der Waals surface area contributed by atoms with Crippen molar-refractivity contribution in [2.75, 3.05) is 21.3 Å². The van der Waals surface area contributed by atoms with Gasteiger partial charge in [0.1, 0.15) is 11.0 Å². The van der Waals surface area contributed by atoms with Crippen LogP contribution in [0.1, 0.15) is 21.5 Å². The highest BCUT2D eigenvalue weighted by molar-refractivity contribution is 7.00. The molecule has 0 aliphatic carbocycles. The Morgan fingerprint density at radius 1 is 0.829 bits per heavy atom. The van der Waals surface area contributed by atoms with E-state index in [9.17, 15) is 14.7 Å². The molecule has 1 N–H and O–H groups in total. The van der Waals surface area contributed by atoms with Gasteiger partial charge in [0, 0.05) is 17.6 Å². The molecule has 0 fully saturated rings. The molecule has 0 saturated carbocycles. The van der Waals surface area contributed by atoms with Gasteiger partial charge in [0.15, 0.2) is 17.3 Å². The Balaban J connectivity index is 1.95. The molecule has 1 aromatic heterocycles. The summed E-state index contributed by atoms with van der Waals surface area (Å²) in [5.41, 5.74) is 2.58. The van der Waals surface area contributed by atoms with Crippen molar-refractivity contribution in [3.63, 3.8) is 0 Å². The van der Waals surface area contributed by atoms with Crippen molar-refractivity contribution in [1.29, 1.82) is 0 Å². The fourth-order valence-corrected chi connectivity index (χ4v) is 4.35. The minimum Gasteiger partial charge on any atom is -0.493 e. The predicted molar refractivity (Wildman–Crippen MR) is 133 cm³/mol. The number of aromatic nitrogens is 2. The summed E-state index contributed by atoms with van der Waals surface area (Å²) in [5, 5.41) is 10.3. The quantitative estimate of drug-likeness (QED) is 0.266. The molecule has 1 heterocycles. The number of carboxylic acid groups (broad SMARTS) is 1. The maximum Gasteiger partial charge on any atom is 0.336 e. The Kier molecular flexibility index (Phi) is 7.07. The largest absolute Gasteiger partial charge is 0.493 e. The lowest BCUT2D eigenvalue weighted by Crippen LogP contribution is -2.14. The molecule has 4 rings (SSSR count). The van der Waals surface area contributed by atoms with Crippen molar-refractivity contribution >= 4 is 40.1 Å². The van der Waals surface area contributed by atoms with Crippen molar-refractivity contribution < 1.29 is 28.9 Å². The molecule has 0 saturated heterocycles. The van der Waals surface area contributed by atoms with Crippen molar-refractivity contribution in [3.05, 3.63) is 82.9 Å². The van der Waals surface area contributed by atoms with Crippen LogP contribution in [0.4, 0.5) is 0 Å².